The lowest BCUT2D eigenvalue weighted by Gasteiger charge is -2.24. The summed E-state index contributed by atoms with van der Waals surface area (Å²) in [5.74, 6) is 1.93. The Labute approximate surface area is 246 Å². The maximum absolute atomic E-state index is 12.2. The Hall–Kier alpha value is -4.51. The van der Waals surface area contributed by atoms with Gasteiger partial charge in [0.25, 0.3) is 0 Å². The van der Waals surface area contributed by atoms with Gasteiger partial charge in [0.15, 0.2) is 5.82 Å². The number of rotatable bonds is 16. The first-order valence-electron chi connectivity index (χ1n) is 14.6. The molecule has 3 aromatic heterocycles. The molecule has 4 heterocycles. The number of ether oxygens (including phenoxy) is 1. The number of nitrogens with one attached hydrogen (secondary N) is 2. The molecule has 11 heteroatoms. The summed E-state index contributed by atoms with van der Waals surface area (Å²) in [6.45, 7) is 3.63. The number of fused-ring (bicyclic) bond motifs is 1. The number of carboxylic acids is 1. The van der Waals surface area contributed by atoms with Gasteiger partial charge in [-0.15, -0.1) is 0 Å². The molecule has 0 amide bonds. The van der Waals surface area contributed by atoms with Crippen molar-refractivity contribution >= 4 is 17.6 Å². The highest BCUT2D eigenvalue weighted by molar-refractivity contribution is 5.76. The highest BCUT2D eigenvalue weighted by Crippen LogP contribution is 2.20. The first kappa shape index (κ1) is 29.0. The molecule has 1 aromatic carbocycles. The molecular weight excluding hydrogens is 532 g/mol. The zero-order chi connectivity index (χ0) is 29.0. The highest BCUT2D eigenvalue weighted by Gasteiger charge is 2.20. The first-order valence-corrected chi connectivity index (χ1v) is 14.6. The molecule has 0 radical (unpaired) electrons. The minimum Gasteiger partial charge on any atom is -0.492 e. The number of aliphatic carboxylic acids is 1. The quantitative estimate of drug-likeness (QED) is 0.169. The van der Waals surface area contributed by atoms with Crippen LogP contribution in [0, 0.1) is 0 Å². The number of unbranched alkanes of at least 4 members (excludes halogenated alkanes) is 1. The fourth-order valence-electron chi connectivity index (χ4n) is 5.00. The van der Waals surface area contributed by atoms with E-state index in [1.807, 2.05) is 30.3 Å². The van der Waals surface area contributed by atoms with E-state index in [0.29, 0.717) is 37.8 Å². The van der Waals surface area contributed by atoms with Crippen LogP contribution < -0.4 is 15.4 Å². The highest BCUT2D eigenvalue weighted by atomic mass is 16.5. The fraction of sp³-hybridized carbons (Fsp3) is 0.387. The lowest BCUT2D eigenvalue weighted by molar-refractivity contribution is -0.138. The third-order valence-electron chi connectivity index (χ3n) is 7.27. The van der Waals surface area contributed by atoms with Crippen LogP contribution in [-0.4, -0.2) is 79.5 Å². The van der Waals surface area contributed by atoms with Gasteiger partial charge in [-0.2, -0.15) is 5.10 Å². The zero-order valence-corrected chi connectivity index (χ0v) is 23.7. The summed E-state index contributed by atoms with van der Waals surface area (Å²) < 4.78 is 7.55. The molecule has 0 saturated carbocycles. The van der Waals surface area contributed by atoms with Crippen molar-refractivity contribution in [3.05, 3.63) is 84.6 Å². The van der Waals surface area contributed by atoms with E-state index in [2.05, 4.69) is 42.7 Å². The van der Waals surface area contributed by atoms with Gasteiger partial charge in [0, 0.05) is 43.8 Å². The number of pyridine rings is 1. The van der Waals surface area contributed by atoms with Crippen molar-refractivity contribution in [1.82, 2.24) is 29.6 Å². The monoisotopic (exact) mass is 570 g/mol. The van der Waals surface area contributed by atoms with E-state index in [9.17, 15) is 9.90 Å². The molecule has 0 saturated heterocycles. The molecule has 0 aliphatic carbocycles. The van der Waals surface area contributed by atoms with Gasteiger partial charge in [-0.05, 0) is 74.9 Å². The summed E-state index contributed by atoms with van der Waals surface area (Å²) in [4.78, 5) is 27.7. The summed E-state index contributed by atoms with van der Waals surface area (Å²) >= 11 is 0. The number of benzene rings is 1. The van der Waals surface area contributed by atoms with Crippen molar-refractivity contribution in [2.75, 3.05) is 43.4 Å². The normalized spacial score (nSPS) is 13.3. The summed E-state index contributed by atoms with van der Waals surface area (Å²) in [7, 11) is 0. The number of aryl methyl sites for hydroxylation is 2. The summed E-state index contributed by atoms with van der Waals surface area (Å²) in [5.41, 5.74) is 2.41. The Kier molecular flexibility index (Phi) is 10.3. The van der Waals surface area contributed by atoms with E-state index in [-0.39, 0.29) is 0 Å². The lowest BCUT2D eigenvalue weighted by Crippen LogP contribution is -2.37. The lowest BCUT2D eigenvalue weighted by atomic mass is 10.1. The molecule has 1 aliphatic heterocycles. The standard InChI is InChI=1S/C31H38N8O3/c40-31(41)27(37-28-22-29(34-23-33-28)39-18-7-16-35-39)14-19-38(20-21-42-26-10-2-1-3-11-26)17-5-4-9-25-13-12-24-8-6-15-32-30(24)36-25/h1-3,7,10-13,16,18,22-23,27H,4-6,8-9,14-15,17,19-21H2,(H,32,36)(H,40,41)(H,33,34,37)/t27-/m0/s1. The second kappa shape index (κ2) is 14.9. The minimum absolute atomic E-state index is 0.403. The number of para-hydroxylation sites is 1. The van der Waals surface area contributed by atoms with Crippen LogP contribution >= 0.6 is 0 Å². The first-order chi connectivity index (χ1) is 20.6. The van der Waals surface area contributed by atoms with Gasteiger partial charge in [0.2, 0.25) is 0 Å². The van der Waals surface area contributed by atoms with Crippen LogP contribution in [-0.2, 0) is 17.6 Å². The summed E-state index contributed by atoms with van der Waals surface area (Å²) in [6, 6.07) is 16.8. The largest absolute Gasteiger partial charge is 0.492 e. The van der Waals surface area contributed by atoms with Gasteiger partial charge in [-0.3, -0.25) is 4.90 Å². The molecular formula is C31H38N8O3. The molecule has 1 atom stereocenters. The van der Waals surface area contributed by atoms with Crippen LogP contribution in [0.4, 0.5) is 11.6 Å². The molecule has 42 heavy (non-hydrogen) atoms. The SMILES string of the molecule is O=C(O)[C@H](CCN(CCCCc1ccc2c(n1)NCCC2)CCOc1ccccc1)Nc1cc(-n2cccn2)ncn1. The van der Waals surface area contributed by atoms with E-state index < -0.39 is 12.0 Å². The third-order valence-corrected chi connectivity index (χ3v) is 7.27. The van der Waals surface area contributed by atoms with Crippen LogP contribution in [0.2, 0.25) is 0 Å². The van der Waals surface area contributed by atoms with Crippen molar-refractivity contribution in [2.45, 2.75) is 44.6 Å². The van der Waals surface area contributed by atoms with E-state index in [4.69, 9.17) is 9.72 Å². The van der Waals surface area contributed by atoms with Gasteiger partial charge >= 0.3 is 5.97 Å². The molecule has 3 N–H and O–H groups in total. The van der Waals surface area contributed by atoms with E-state index in [1.54, 1.807) is 29.2 Å². The van der Waals surface area contributed by atoms with Gasteiger partial charge in [-0.25, -0.2) is 24.4 Å². The summed E-state index contributed by atoms with van der Waals surface area (Å²) in [6.07, 6.45) is 10.4. The molecule has 0 unspecified atom stereocenters. The molecule has 0 bridgehead atoms. The predicted molar refractivity (Wildman–Crippen MR) is 161 cm³/mol. The van der Waals surface area contributed by atoms with Crippen LogP contribution in [0.1, 0.15) is 36.9 Å². The number of nitrogens with zero attached hydrogens (tertiary/aromatic N) is 6. The average Bonchev–Trinajstić information content (AvgIpc) is 3.57. The van der Waals surface area contributed by atoms with Gasteiger partial charge in [0.1, 0.15) is 36.4 Å². The Balaban J connectivity index is 1.15. The smallest absolute Gasteiger partial charge is 0.326 e. The topological polar surface area (TPSA) is 130 Å². The van der Waals surface area contributed by atoms with E-state index >= 15 is 0 Å². The zero-order valence-electron chi connectivity index (χ0n) is 23.7. The van der Waals surface area contributed by atoms with Crippen molar-refractivity contribution in [3.63, 3.8) is 0 Å². The fourth-order valence-corrected chi connectivity index (χ4v) is 5.00. The molecule has 0 fully saturated rings. The minimum atomic E-state index is -0.929. The Morgan fingerprint density at radius 2 is 2.00 bits per heavy atom. The van der Waals surface area contributed by atoms with Crippen LogP contribution in [0.5, 0.6) is 5.75 Å². The van der Waals surface area contributed by atoms with E-state index in [0.717, 1.165) is 62.5 Å². The van der Waals surface area contributed by atoms with Gasteiger partial charge in [-0.1, -0.05) is 24.3 Å². The Morgan fingerprint density at radius 1 is 1.10 bits per heavy atom. The number of carbonyl (C=O) groups is 1. The van der Waals surface area contributed by atoms with Crippen molar-refractivity contribution in [1.29, 1.82) is 0 Å². The van der Waals surface area contributed by atoms with Crippen LogP contribution in [0.15, 0.2) is 73.3 Å². The van der Waals surface area contributed by atoms with Crippen molar-refractivity contribution in [3.8, 4) is 11.6 Å². The molecule has 1 aliphatic rings. The number of anilines is 2. The van der Waals surface area contributed by atoms with Gasteiger partial charge < -0.3 is 20.5 Å². The Bertz CT molecular complexity index is 1400. The molecule has 0 spiro atoms. The van der Waals surface area contributed by atoms with Crippen LogP contribution in [0.3, 0.4) is 0 Å². The van der Waals surface area contributed by atoms with Gasteiger partial charge in [0.05, 0.1) is 0 Å². The van der Waals surface area contributed by atoms with E-state index in [1.165, 1.54) is 11.9 Å². The van der Waals surface area contributed by atoms with Crippen molar-refractivity contribution < 1.29 is 14.6 Å². The Morgan fingerprint density at radius 3 is 2.83 bits per heavy atom. The number of carboxylic acid groups (broad SMARTS) is 1. The number of hydrogen-bond acceptors (Lipinski definition) is 9. The molecule has 220 valence electrons. The second-order valence-corrected chi connectivity index (χ2v) is 10.3. The molecule has 5 rings (SSSR count). The maximum atomic E-state index is 12.2. The third kappa shape index (κ3) is 8.50. The number of hydrogen-bond donors (Lipinski definition) is 3. The van der Waals surface area contributed by atoms with Crippen molar-refractivity contribution in [2.24, 2.45) is 0 Å². The summed E-state index contributed by atoms with van der Waals surface area (Å²) in [5, 5.41) is 20.6. The molecule has 11 nitrogen and oxygen atoms in total. The average molecular weight is 571 g/mol. The maximum Gasteiger partial charge on any atom is 0.326 e. The predicted octanol–water partition coefficient (Wildman–Crippen LogP) is 4.07. The number of aromatic nitrogens is 5. The second-order valence-electron chi connectivity index (χ2n) is 10.3. The van der Waals surface area contributed by atoms with Crippen LogP contribution in [0.25, 0.3) is 5.82 Å². The molecule has 4 aromatic rings.